The number of nitrogens with zero attached hydrogens (tertiary/aromatic N) is 5. The van der Waals surface area contributed by atoms with E-state index in [1.807, 2.05) is 34.6 Å². The highest BCUT2D eigenvalue weighted by atomic mass is 32.2. The molecule has 3 aromatic rings. The molecule has 2 aromatic heterocycles. The highest BCUT2D eigenvalue weighted by molar-refractivity contribution is 8.00. The number of carbonyl (C=O) groups is 2. The third kappa shape index (κ3) is 5.40. The van der Waals surface area contributed by atoms with E-state index in [1.54, 1.807) is 12.4 Å². The molecule has 1 unspecified atom stereocenters. The number of likely N-dealkylation sites (tertiary alicyclic amines) is 1. The molecule has 3 heterocycles. The van der Waals surface area contributed by atoms with E-state index in [2.05, 4.69) is 32.6 Å². The summed E-state index contributed by atoms with van der Waals surface area (Å²) in [5.74, 6) is 0.736. The summed E-state index contributed by atoms with van der Waals surface area (Å²) in [6.07, 6.45) is 10.4. The molecule has 1 aromatic carbocycles. The number of benzene rings is 1. The maximum atomic E-state index is 13.0. The lowest BCUT2D eigenvalue weighted by Crippen LogP contribution is -2.31. The fourth-order valence-electron chi connectivity index (χ4n) is 4.71. The van der Waals surface area contributed by atoms with E-state index in [4.69, 9.17) is 0 Å². The van der Waals surface area contributed by atoms with Gasteiger partial charge in [-0.15, -0.1) is 10.2 Å². The van der Waals surface area contributed by atoms with Crippen LogP contribution in [0.3, 0.4) is 0 Å². The van der Waals surface area contributed by atoms with Crippen LogP contribution in [0.1, 0.15) is 56.0 Å². The molecule has 5 rings (SSSR count). The van der Waals surface area contributed by atoms with Crippen molar-refractivity contribution in [3.63, 3.8) is 0 Å². The van der Waals surface area contributed by atoms with Gasteiger partial charge in [0.25, 0.3) is 0 Å². The van der Waals surface area contributed by atoms with Crippen molar-refractivity contribution in [2.24, 2.45) is 0 Å². The average Bonchev–Trinajstić information content (AvgIpc) is 3.44. The minimum Gasteiger partial charge on any atom is -0.335 e. The summed E-state index contributed by atoms with van der Waals surface area (Å²) >= 11 is 1.35. The third-order valence-electron chi connectivity index (χ3n) is 6.63. The zero-order valence-electron chi connectivity index (χ0n) is 19.9. The van der Waals surface area contributed by atoms with E-state index in [0.717, 1.165) is 50.0 Å². The van der Waals surface area contributed by atoms with Crippen molar-refractivity contribution in [2.45, 2.75) is 68.8 Å². The molecule has 0 radical (unpaired) electrons. The molecule has 1 fully saturated rings. The zero-order chi connectivity index (χ0) is 24.2. The molecule has 9 heteroatoms. The Morgan fingerprint density at radius 1 is 1.09 bits per heavy atom. The number of rotatable bonds is 7. The van der Waals surface area contributed by atoms with E-state index in [9.17, 15) is 9.59 Å². The minimum atomic E-state index is -0.393. The first-order valence-corrected chi connectivity index (χ1v) is 13.2. The van der Waals surface area contributed by atoms with Gasteiger partial charge in [0, 0.05) is 24.8 Å². The van der Waals surface area contributed by atoms with Gasteiger partial charge < -0.3 is 10.2 Å². The van der Waals surface area contributed by atoms with Gasteiger partial charge in [0.2, 0.25) is 11.8 Å². The zero-order valence-corrected chi connectivity index (χ0v) is 20.8. The van der Waals surface area contributed by atoms with Gasteiger partial charge in [-0.2, -0.15) is 0 Å². The lowest BCUT2D eigenvalue weighted by molar-refractivity contribution is -0.131. The van der Waals surface area contributed by atoms with Crippen LogP contribution in [0.15, 0.2) is 47.9 Å². The second-order valence-corrected chi connectivity index (χ2v) is 10.5. The molecule has 2 aliphatic rings. The number of aromatic nitrogens is 4. The largest absolute Gasteiger partial charge is 0.335 e. The summed E-state index contributed by atoms with van der Waals surface area (Å²) in [5, 5.41) is 12.1. The Kier molecular flexibility index (Phi) is 7.13. The van der Waals surface area contributed by atoms with Crippen molar-refractivity contribution in [3.8, 4) is 5.69 Å². The monoisotopic (exact) mass is 490 g/mol. The molecule has 0 bridgehead atoms. The van der Waals surface area contributed by atoms with Crippen molar-refractivity contribution in [1.29, 1.82) is 0 Å². The summed E-state index contributed by atoms with van der Waals surface area (Å²) in [4.78, 5) is 31.7. The van der Waals surface area contributed by atoms with E-state index >= 15 is 0 Å². The number of anilines is 1. The highest BCUT2D eigenvalue weighted by Crippen LogP contribution is 2.29. The molecule has 35 heavy (non-hydrogen) atoms. The van der Waals surface area contributed by atoms with Gasteiger partial charge in [-0.25, -0.2) is 0 Å². The predicted octanol–water partition coefficient (Wildman–Crippen LogP) is 4.17. The van der Waals surface area contributed by atoms with Crippen LogP contribution in [0.2, 0.25) is 0 Å². The topological polar surface area (TPSA) is 93.0 Å². The van der Waals surface area contributed by atoms with E-state index in [-0.39, 0.29) is 11.8 Å². The van der Waals surface area contributed by atoms with E-state index in [0.29, 0.717) is 23.9 Å². The molecule has 1 aliphatic carbocycles. The van der Waals surface area contributed by atoms with Crippen molar-refractivity contribution < 1.29 is 9.59 Å². The van der Waals surface area contributed by atoms with Crippen molar-refractivity contribution >= 4 is 29.3 Å². The number of hydrogen-bond acceptors (Lipinski definition) is 6. The molecule has 182 valence electrons. The van der Waals surface area contributed by atoms with Gasteiger partial charge in [0.15, 0.2) is 11.0 Å². The Bertz CT molecular complexity index is 1210. The SMILES string of the molecule is CC(Sc1nnc(CN2CCCCCC2=O)n1-c1cccnc1)C(=O)Nc1ccc2c(c1)CCC2. The quantitative estimate of drug-likeness (QED) is 0.500. The molecule has 1 aliphatic heterocycles. The van der Waals surface area contributed by atoms with Crippen LogP contribution in [0.4, 0.5) is 5.69 Å². The van der Waals surface area contributed by atoms with Crippen LogP contribution >= 0.6 is 11.8 Å². The van der Waals surface area contributed by atoms with Gasteiger partial charge in [0.05, 0.1) is 23.7 Å². The maximum Gasteiger partial charge on any atom is 0.237 e. The Hall–Kier alpha value is -3.20. The Morgan fingerprint density at radius 2 is 1.97 bits per heavy atom. The molecule has 1 atom stereocenters. The van der Waals surface area contributed by atoms with Gasteiger partial charge >= 0.3 is 0 Å². The number of hydrogen-bond donors (Lipinski definition) is 1. The number of amides is 2. The standard InChI is InChI=1S/C26H30N6O2S/c1-18(25(34)28-21-12-11-19-7-5-8-20(19)15-21)35-26-30-29-23(32(26)22-9-6-13-27-16-22)17-31-14-4-2-3-10-24(31)33/h6,9,11-13,15-16,18H,2-5,7-8,10,14,17H2,1H3,(H,28,34). The first kappa shape index (κ1) is 23.5. The third-order valence-corrected chi connectivity index (χ3v) is 7.67. The minimum absolute atomic E-state index is 0.0853. The van der Waals surface area contributed by atoms with Gasteiger partial charge in [-0.3, -0.25) is 19.1 Å². The average molecular weight is 491 g/mol. The van der Waals surface area contributed by atoms with Crippen LogP contribution in [-0.2, 0) is 29.0 Å². The Balaban J connectivity index is 1.35. The fraction of sp³-hybridized carbons (Fsp3) is 0.423. The lowest BCUT2D eigenvalue weighted by Gasteiger charge is -2.20. The Labute approximate surface area is 209 Å². The highest BCUT2D eigenvalue weighted by Gasteiger charge is 2.25. The molecular weight excluding hydrogens is 460 g/mol. The predicted molar refractivity (Wildman–Crippen MR) is 135 cm³/mol. The molecule has 1 N–H and O–H groups in total. The van der Waals surface area contributed by atoms with Gasteiger partial charge in [0.1, 0.15) is 0 Å². The van der Waals surface area contributed by atoms with Crippen LogP contribution in [0, 0.1) is 0 Å². The molecule has 8 nitrogen and oxygen atoms in total. The van der Waals surface area contributed by atoms with Crippen molar-refractivity contribution in [3.05, 3.63) is 59.7 Å². The number of aryl methyl sites for hydroxylation is 2. The summed E-state index contributed by atoms with van der Waals surface area (Å²) in [6.45, 7) is 2.98. The maximum absolute atomic E-state index is 13.0. The second-order valence-electron chi connectivity index (χ2n) is 9.16. The van der Waals surface area contributed by atoms with Crippen LogP contribution in [0.25, 0.3) is 5.69 Å². The second kappa shape index (κ2) is 10.6. The van der Waals surface area contributed by atoms with E-state index in [1.165, 1.54) is 29.3 Å². The number of pyridine rings is 1. The smallest absolute Gasteiger partial charge is 0.237 e. The number of nitrogens with one attached hydrogen (secondary N) is 1. The first-order valence-electron chi connectivity index (χ1n) is 12.3. The normalized spacial score (nSPS) is 16.6. The summed E-state index contributed by atoms with van der Waals surface area (Å²) < 4.78 is 1.91. The van der Waals surface area contributed by atoms with Crippen LogP contribution in [-0.4, -0.2) is 48.3 Å². The molecule has 0 spiro atoms. The lowest BCUT2D eigenvalue weighted by atomic mass is 10.1. The molecule has 1 saturated heterocycles. The number of thioether (sulfide) groups is 1. The molecular formula is C26H30N6O2S. The number of fused-ring (bicyclic) bond motifs is 1. The fourth-order valence-corrected chi connectivity index (χ4v) is 5.59. The molecule has 0 saturated carbocycles. The summed E-state index contributed by atoms with van der Waals surface area (Å²) in [7, 11) is 0. The summed E-state index contributed by atoms with van der Waals surface area (Å²) in [5.41, 5.74) is 4.35. The van der Waals surface area contributed by atoms with Crippen molar-refractivity contribution in [2.75, 3.05) is 11.9 Å². The number of carbonyl (C=O) groups excluding carboxylic acids is 2. The first-order chi connectivity index (χ1) is 17.1. The van der Waals surface area contributed by atoms with Crippen molar-refractivity contribution in [1.82, 2.24) is 24.6 Å². The Morgan fingerprint density at radius 3 is 2.83 bits per heavy atom. The van der Waals surface area contributed by atoms with Crippen LogP contribution < -0.4 is 5.32 Å². The van der Waals surface area contributed by atoms with Gasteiger partial charge in [-0.05, 0) is 74.4 Å². The van der Waals surface area contributed by atoms with Crippen LogP contribution in [0.5, 0.6) is 0 Å². The summed E-state index contributed by atoms with van der Waals surface area (Å²) in [6, 6.07) is 9.98. The van der Waals surface area contributed by atoms with Gasteiger partial charge in [-0.1, -0.05) is 24.2 Å². The molecule has 2 amide bonds. The van der Waals surface area contributed by atoms with E-state index < -0.39 is 5.25 Å².